The summed E-state index contributed by atoms with van der Waals surface area (Å²) in [6.45, 7) is 16.2. The fourth-order valence-corrected chi connectivity index (χ4v) is 3.60. The highest BCUT2D eigenvalue weighted by Crippen LogP contribution is 2.30. The molecule has 196 valence electrons. The van der Waals surface area contributed by atoms with Crippen LogP contribution in [0, 0.1) is 20.8 Å². The number of nitrogens with zero attached hydrogens (tertiary/aromatic N) is 1. The molecule has 37 heavy (non-hydrogen) atoms. The average Bonchev–Trinajstić information content (AvgIpc) is 2.78. The van der Waals surface area contributed by atoms with E-state index in [1.807, 2.05) is 52.8 Å². The summed E-state index contributed by atoms with van der Waals surface area (Å²) < 4.78 is 38.6. The number of aryl methyl sites for hydroxylation is 2. The van der Waals surface area contributed by atoms with Gasteiger partial charge in [0.15, 0.2) is 0 Å². The number of nitrogens with one attached hydrogen (secondary N) is 1. The van der Waals surface area contributed by atoms with Crippen molar-refractivity contribution in [3.8, 4) is 0 Å². The molecule has 0 aliphatic heterocycles. The fourth-order valence-electron chi connectivity index (χ4n) is 3.38. The number of hydrogen-bond acceptors (Lipinski definition) is 2. The second kappa shape index (κ2) is 12.2. The van der Waals surface area contributed by atoms with E-state index in [1.54, 1.807) is 25.1 Å². The number of aliphatic imine (C=N–C) groups is 1. The van der Waals surface area contributed by atoms with E-state index in [4.69, 9.17) is 16.6 Å². The van der Waals surface area contributed by atoms with Gasteiger partial charge in [-0.3, -0.25) is 4.79 Å². The van der Waals surface area contributed by atoms with Crippen molar-refractivity contribution in [2.75, 3.05) is 5.32 Å². The molecule has 0 aliphatic rings. The van der Waals surface area contributed by atoms with Crippen LogP contribution in [0.25, 0.3) is 0 Å². The van der Waals surface area contributed by atoms with Crippen LogP contribution in [0.3, 0.4) is 0 Å². The van der Waals surface area contributed by atoms with E-state index in [-0.39, 0.29) is 5.57 Å². The van der Waals surface area contributed by atoms with Crippen LogP contribution in [-0.4, -0.2) is 17.8 Å². The topological polar surface area (TPSA) is 41.5 Å². The third-order valence-corrected chi connectivity index (χ3v) is 6.04. The predicted molar refractivity (Wildman–Crippen MR) is 149 cm³/mol. The van der Waals surface area contributed by atoms with Crippen molar-refractivity contribution in [1.82, 2.24) is 0 Å². The van der Waals surface area contributed by atoms with Gasteiger partial charge >= 0.3 is 6.18 Å². The minimum absolute atomic E-state index is 0.0318. The second-order valence-corrected chi connectivity index (χ2v) is 9.66. The van der Waals surface area contributed by atoms with Crippen LogP contribution in [0.4, 0.5) is 24.5 Å². The largest absolute Gasteiger partial charge is 0.412 e. The third-order valence-electron chi connectivity index (χ3n) is 5.71. The van der Waals surface area contributed by atoms with Crippen LogP contribution in [0.15, 0.2) is 82.4 Å². The Morgan fingerprint density at radius 2 is 1.62 bits per heavy atom. The Bertz CT molecular complexity index is 1340. The molecule has 2 aromatic carbocycles. The summed E-state index contributed by atoms with van der Waals surface area (Å²) in [6.07, 6.45) is -0.579. The van der Waals surface area contributed by atoms with E-state index in [0.717, 1.165) is 47.0 Å². The van der Waals surface area contributed by atoms with Gasteiger partial charge in [-0.2, -0.15) is 13.2 Å². The molecule has 0 aromatic heterocycles. The number of alkyl halides is 3. The van der Waals surface area contributed by atoms with E-state index in [2.05, 4.69) is 11.9 Å². The van der Waals surface area contributed by atoms with E-state index >= 15 is 0 Å². The van der Waals surface area contributed by atoms with Gasteiger partial charge in [0.2, 0.25) is 0 Å². The Labute approximate surface area is 222 Å². The van der Waals surface area contributed by atoms with Crippen molar-refractivity contribution in [3.05, 3.63) is 105 Å². The van der Waals surface area contributed by atoms with Crippen molar-refractivity contribution in [3.63, 3.8) is 0 Å². The van der Waals surface area contributed by atoms with Gasteiger partial charge in [0.05, 0.1) is 16.4 Å². The number of halogens is 4. The first-order valence-electron chi connectivity index (χ1n) is 11.6. The summed E-state index contributed by atoms with van der Waals surface area (Å²) in [7, 11) is 0. The molecule has 0 bridgehead atoms. The summed E-state index contributed by atoms with van der Waals surface area (Å²) in [5.74, 6) is -0.585. The van der Waals surface area contributed by atoms with Crippen LogP contribution in [0.2, 0.25) is 5.02 Å². The highest BCUT2D eigenvalue weighted by atomic mass is 35.5. The van der Waals surface area contributed by atoms with Crippen molar-refractivity contribution >= 4 is 34.6 Å². The first-order valence-corrected chi connectivity index (χ1v) is 12.0. The Balaban J connectivity index is 2.56. The molecule has 0 aliphatic carbocycles. The van der Waals surface area contributed by atoms with E-state index in [9.17, 15) is 18.0 Å². The lowest BCUT2D eigenvalue weighted by atomic mass is 10.0. The number of hydrogen-bond donors (Lipinski definition) is 1. The second-order valence-electron chi connectivity index (χ2n) is 9.25. The van der Waals surface area contributed by atoms with Crippen LogP contribution in [0.5, 0.6) is 0 Å². The van der Waals surface area contributed by atoms with E-state index in [0.29, 0.717) is 27.6 Å². The Morgan fingerprint density at radius 1 is 1.00 bits per heavy atom. The highest BCUT2D eigenvalue weighted by molar-refractivity contribution is 6.35. The molecule has 0 unspecified atom stereocenters. The number of rotatable bonds is 7. The fraction of sp³-hybridized carbons (Fsp3) is 0.267. The average molecular weight is 529 g/mol. The number of anilines is 1. The summed E-state index contributed by atoms with van der Waals surface area (Å²) in [4.78, 5) is 17.9. The third kappa shape index (κ3) is 8.05. The van der Waals surface area contributed by atoms with Gasteiger partial charge in [-0.1, -0.05) is 42.0 Å². The molecule has 7 heteroatoms. The zero-order chi connectivity index (χ0) is 28.1. The smallest absolute Gasteiger partial charge is 0.322 e. The molecule has 0 heterocycles. The Hall–Kier alpha value is -3.38. The Kier molecular flexibility index (Phi) is 9.87. The van der Waals surface area contributed by atoms with Gasteiger partial charge < -0.3 is 5.32 Å². The lowest BCUT2D eigenvalue weighted by Gasteiger charge is -2.14. The molecule has 2 aromatic rings. The van der Waals surface area contributed by atoms with Gasteiger partial charge in [0, 0.05) is 22.4 Å². The first kappa shape index (κ1) is 29.8. The molecule has 0 spiro atoms. The summed E-state index contributed by atoms with van der Waals surface area (Å²) >= 11 is 6.57. The standard InChI is InChI=1S/C30H32ClF3N2O/c1-17(2)15-27(36-28-20(6)10-9-19(5)22(28)8)25-16-23(12-14-26(25)31)35-29(37)24(18(3)4)13-11-21(7)30(32,33)34/h9-16H,3H2,1-2,4-8H3,(H,35,37)/b21-11+,24-13+,36-27?. The number of amides is 1. The SMILES string of the molecule is C=C(C)/C(=C\C=C(/C)C(F)(F)F)C(=O)Nc1ccc(Cl)c(C(C=C(C)C)=Nc2c(C)ccc(C)c2C)c1. The minimum Gasteiger partial charge on any atom is -0.322 e. The molecule has 1 N–H and O–H groups in total. The van der Waals surface area contributed by atoms with E-state index in [1.165, 1.54) is 0 Å². The lowest BCUT2D eigenvalue weighted by molar-refractivity contribution is -0.112. The van der Waals surface area contributed by atoms with Gasteiger partial charge in [0.25, 0.3) is 5.91 Å². The van der Waals surface area contributed by atoms with Crippen LogP contribution in [0.1, 0.15) is 49.9 Å². The minimum atomic E-state index is -4.48. The summed E-state index contributed by atoms with van der Waals surface area (Å²) in [6, 6.07) is 9.03. The van der Waals surface area contributed by atoms with Crippen molar-refractivity contribution in [2.24, 2.45) is 4.99 Å². The summed E-state index contributed by atoms with van der Waals surface area (Å²) in [5, 5.41) is 3.19. The van der Waals surface area contributed by atoms with Crippen LogP contribution < -0.4 is 5.32 Å². The zero-order valence-corrected chi connectivity index (χ0v) is 22.9. The molecule has 0 saturated heterocycles. The monoisotopic (exact) mass is 528 g/mol. The van der Waals surface area contributed by atoms with Gasteiger partial charge in [-0.15, -0.1) is 0 Å². The van der Waals surface area contributed by atoms with E-state index < -0.39 is 17.7 Å². The quantitative estimate of drug-likeness (QED) is 0.217. The highest BCUT2D eigenvalue weighted by Gasteiger charge is 2.29. The molecule has 0 saturated carbocycles. The lowest BCUT2D eigenvalue weighted by Crippen LogP contribution is -2.16. The predicted octanol–water partition coefficient (Wildman–Crippen LogP) is 9.30. The maximum Gasteiger partial charge on any atom is 0.412 e. The van der Waals surface area contributed by atoms with Crippen LogP contribution in [-0.2, 0) is 4.79 Å². The molecule has 3 nitrogen and oxygen atoms in total. The van der Waals surface area contributed by atoms with Crippen molar-refractivity contribution in [2.45, 2.75) is 54.6 Å². The zero-order valence-electron chi connectivity index (χ0n) is 22.2. The molecule has 0 fully saturated rings. The molecule has 1 amide bonds. The number of allylic oxidation sites excluding steroid dienone is 5. The van der Waals surface area contributed by atoms with Gasteiger partial charge in [0.1, 0.15) is 0 Å². The van der Waals surface area contributed by atoms with Gasteiger partial charge in [-0.05, 0) is 101 Å². The normalized spacial score (nSPS) is 12.9. The van der Waals surface area contributed by atoms with Crippen molar-refractivity contribution in [1.29, 1.82) is 0 Å². The van der Waals surface area contributed by atoms with Gasteiger partial charge in [-0.25, -0.2) is 4.99 Å². The number of benzene rings is 2. The molecule has 0 atom stereocenters. The Morgan fingerprint density at radius 3 is 2.19 bits per heavy atom. The number of carbonyl (C=O) groups excluding carboxylic acids is 1. The van der Waals surface area contributed by atoms with Crippen LogP contribution >= 0.6 is 11.6 Å². The molecule has 2 rings (SSSR count). The first-order chi connectivity index (χ1) is 17.1. The molecular weight excluding hydrogens is 497 g/mol. The maximum absolute atomic E-state index is 13.0. The van der Waals surface area contributed by atoms with Crippen molar-refractivity contribution < 1.29 is 18.0 Å². The maximum atomic E-state index is 13.0. The summed E-state index contributed by atoms with van der Waals surface area (Å²) in [5.41, 5.74) is 6.22. The number of carbonyl (C=O) groups is 1. The molecule has 0 radical (unpaired) electrons. The molecular formula is C30H32ClF3N2O.